The number of hydrogen-bond acceptors (Lipinski definition) is 2. The van der Waals surface area contributed by atoms with E-state index in [1.165, 1.54) is 17.5 Å². The molecule has 2 aromatic carbocycles. The summed E-state index contributed by atoms with van der Waals surface area (Å²) in [5.74, 6) is 2.54. The smallest absolute Gasteiger partial charge is 0.121 e. The first kappa shape index (κ1) is 27.6. The normalized spacial score (nSPS) is 19.5. The number of phenols is 2. The Kier molecular flexibility index (Phi) is 8.34. The van der Waals surface area contributed by atoms with E-state index in [1.54, 1.807) is 0 Å². The van der Waals surface area contributed by atoms with Gasteiger partial charge in [0.1, 0.15) is 11.5 Å². The number of rotatable bonds is 8. The molecular weight excluding hydrogens is 428 g/mol. The Hall–Kier alpha value is -1.96. The lowest BCUT2D eigenvalue weighted by Gasteiger charge is -2.49. The monoisotopic (exact) mass is 478 g/mol. The molecule has 1 fully saturated rings. The fourth-order valence-corrected chi connectivity index (χ4v) is 6.98. The minimum absolute atomic E-state index is 0.131. The molecule has 0 bridgehead atoms. The molecular formula is C33H50O2. The van der Waals surface area contributed by atoms with Gasteiger partial charge in [0.15, 0.2) is 0 Å². The third-order valence-electron chi connectivity index (χ3n) is 8.04. The van der Waals surface area contributed by atoms with Crippen molar-refractivity contribution in [1.29, 1.82) is 0 Å². The lowest BCUT2D eigenvalue weighted by atomic mass is 9.55. The van der Waals surface area contributed by atoms with Gasteiger partial charge in [0.05, 0.1) is 0 Å². The number of phenolic OH excluding ortho intramolecular Hbond substituents is 2. The molecule has 2 nitrogen and oxygen atoms in total. The van der Waals surface area contributed by atoms with Gasteiger partial charge in [-0.1, -0.05) is 86.6 Å². The second-order valence-electron chi connectivity index (χ2n) is 13.1. The lowest BCUT2D eigenvalue weighted by molar-refractivity contribution is 0.126. The summed E-state index contributed by atoms with van der Waals surface area (Å²) in [6, 6.07) is 9.24. The van der Waals surface area contributed by atoms with Crippen molar-refractivity contribution in [3.8, 4) is 11.5 Å². The van der Waals surface area contributed by atoms with Crippen LogP contribution in [0.1, 0.15) is 115 Å². The third kappa shape index (κ3) is 5.89. The predicted molar refractivity (Wildman–Crippen MR) is 150 cm³/mol. The second-order valence-corrected chi connectivity index (χ2v) is 13.1. The van der Waals surface area contributed by atoms with E-state index in [9.17, 15) is 10.2 Å². The fraction of sp³-hybridized carbons (Fsp3) is 0.636. The maximum atomic E-state index is 11.1. The molecule has 1 aliphatic rings. The quantitative estimate of drug-likeness (QED) is 0.398. The van der Waals surface area contributed by atoms with Gasteiger partial charge >= 0.3 is 0 Å². The summed E-state index contributed by atoms with van der Waals surface area (Å²) in [6.45, 7) is 20.4. The van der Waals surface area contributed by atoms with Gasteiger partial charge in [-0.05, 0) is 101 Å². The molecule has 1 aliphatic carbocycles. The van der Waals surface area contributed by atoms with E-state index in [1.807, 2.05) is 0 Å². The molecule has 2 heteroatoms. The van der Waals surface area contributed by atoms with E-state index in [4.69, 9.17) is 0 Å². The highest BCUT2D eigenvalue weighted by atomic mass is 16.3. The molecule has 35 heavy (non-hydrogen) atoms. The van der Waals surface area contributed by atoms with Crippen molar-refractivity contribution in [3.63, 3.8) is 0 Å². The topological polar surface area (TPSA) is 40.5 Å². The predicted octanol–water partition coefficient (Wildman–Crippen LogP) is 8.75. The zero-order valence-corrected chi connectivity index (χ0v) is 23.9. The van der Waals surface area contributed by atoms with Crippen molar-refractivity contribution < 1.29 is 10.2 Å². The first-order chi connectivity index (χ1) is 16.3. The maximum Gasteiger partial charge on any atom is 0.121 e. The zero-order valence-electron chi connectivity index (χ0n) is 23.9. The highest BCUT2D eigenvalue weighted by Crippen LogP contribution is 2.55. The van der Waals surface area contributed by atoms with Gasteiger partial charge < -0.3 is 10.2 Å². The standard InChI is InChI=1S/C33H50O2/c1-10-24-14-28(16-26(30(24)34)12-21(3)4)33(19-23(7)18-32(8,9)20-33)29-15-25(11-2)31(35)27(17-29)13-22(5)6/h14-17,21-23,34-35H,10-13,18-20H2,1-9H3. The summed E-state index contributed by atoms with van der Waals surface area (Å²) in [6.07, 6.45) is 6.83. The highest BCUT2D eigenvalue weighted by molar-refractivity contribution is 5.54. The van der Waals surface area contributed by atoms with Crippen LogP contribution in [0, 0.1) is 23.2 Å². The molecule has 0 heterocycles. The van der Waals surface area contributed by atoms with Crippen molar-refractivity contribution in [2.45, 2.75) is 113 Å². The van der Waals surface area contributed by atoms with Crippen LogP contribution in [0.2, 0.25) is 0 Å². The molecule has 0 aromatic heterocycles. The summed E-state index contributed by atoms with van der Waals surface area (Å²) in [5, 5.41) is 22.2. The first-order valence-corrected chi connectivity index (χ1v) is 14.0. The van der Waals surface area contributed by atoms with Crippen molar-refractivity contribution >= 4 is 0 Å². The molecule has 2 N–H and O–H groups in total. The van der Waals surface area contributed by atoms with Crippen molar-refractivity contribution in [3.05, 3.63) is 57.6 Å². The molecule has 0 amide bonds. The summed E-state index contributed by atoms with van der Waals surface area (Å²) < 4.78 is 0. The molecule has 194 valence electrons. The third-order valence-corrected chi connectivity index (χ3v) is 8.04. The summed E-state index contributed by atoms with van der Waals surface area (Å²) >= 11 is 0. The molecule has 0 saturated heterocycles. The molecule has 0 radical (unpaired) electrons. The van der Waals surface area contributed by atoms with Crippen molar-refractivity contribution in [1.82, 2.24) is 0 Å². The molecule has 3 rings (SSSR count). The van der Waals surface area contributed by atoms with E-state index in [0.717, 1.165) is 60.8 Å². The minimum Gasteiger partial charge on any atom is -0.507 e. The lowest BCUT2D eigenvalue weighted by Crippen LogP contribution is -2.41. The van der Waals surface area contributed by atoms with Crippen LogP contribution in [0.25, 0.3) is 0 Å². The van der Waals surface area contributed by atoms with E-state index < -0.39 is 0 Å². The van der Waals surface area contributed by atoms with Gasteiger partial charge in [-0.2, -0.15) is 0 Å². The average molecular weight is 479 g/mol. The van der Waals surface area contributed by atoms with Gasteiger partial charge in [0, 0.05) is 5.41 Å². The van der Waals surface area contributed by atoms with Crippen LogP contribution in [-0.2, 0) is 31.1 Å². The van der Waals surface area contributed by atoms with Crippen LogP contribution in [0.15, 0.2) is 24.3 Å². The number of aromatic hydroxyl groups is 2. The molecule has 1 atom stereocenters. The van der Waals surface area contributed by atoms with Gasteiger partial charge in [-0.15, -0.1) is 0 Å². The largest absolute Gasteiger partial charge is 0.507 e. The number of aryl methyl sites for hydroxylation is 2. The van der Waals surface area contributed by atoms with Gasteiger partial charge in [-0.25, -0.2) is 0 Å². The van der Waals surface area contributed by atoms with Crippen molar-refractivity contribution in [2.75, 3.05) is 0 Å². The van der Waals surface area contributed by atoms with Gasteiger partial charge in [-0.3, -0.25) is 0 Å². The van der Waals surface area contributed by atoms with Crippen LogP contribution >= 0.6 is 0 Å². The maximum absolute atomic E-state index is 11.1. The van der Waals surface area contributed by atoms with Gasteiger partial charge in [0.2, 0.25) is 0 Å². The van der Waals surface area contributed by atoms with Gasteiger partial charge in [0.25, 0.3) is 0 Å². The van der Waals surface area contributed by atoms with E-state index in [-0.39, 0.29) is 10.8 Å². The average Bonchev–Trinajstić information content (AvgIpc) is 2.74. The second kappa shape index (κ2) is 10.6. The SMILES string of the molecule is CCc1cc(C2(c3cc(CC)c(O)c(CC(C)C)c3)CC(C)CC(C)(C)C2)cc(CC(C)C)c1O. The minimum atomic E-state index is -0.131. The molecule has 1 saturated carbocycles. The summed E-state index contributed by atoms with van der Waals surface area (Å²) in [4.78, 5) is 0. The number of benzene rings is 2. The van der Waals surface area contributed by atoms with Crippen LogP contribution in [-0.4, -0.2) is 10.2 Å². The van der Waals surface area contributed by atoms with Crippen LogP contribution in [0.3, 0.4) is 0 Å². The molecule has 2 aromatic rings. The molecule has 1 unspecified atom stereocenters. The highest BCUT2D eigenvalue weighted by Gasteiger charge is 2.46. The Morgan fingerprint density at radius 2 is 1.14 bits per heavy atom. The Balaban J connectivity index is 2.36. The summed E-state index contributed by atoms with van der Waals surface area (Å²) in [7, 11) is 0. The van der Waals surface area contributed by atoms with E-state index in [2.05, 4.69) is 86.6 Å². The Bertz CT molecular complexity index is 960. The summed E-state index contributed by atoms with van der Waals surface area (Å²) in [5.41, 5.74) is 7.08. The van der Waals surface area contributed by atoms with Crippen LogP contribution < -0.4 is 0 Å². The van der Waals surface area contributed by atoms with E-state index in [0.29, 0.717) is 29.3 Å². The van der Waals surface area contributed by atoms with Crippen LogP contribution in [0.4, 0.5) is 0 Å². The van der Waals surface area contributed by atoms with E-state index >= 15 is 0 Å². The van der Waals surface area contributed by atoms with Crippen LogP contribution in [0.5, 0.6) is 11.5 Å². The Morgan fingerprint density at radius 1 is 0.743 bits per heavy atom. The fourth-order valence-electron chi connectivity index (χ4n) is 6.98. The Labute approximate surface area is 215 Å². The Morgan fingerprint density at radius 3 is 1.49 bits per heavy atom. The van der Waals surface area contributed by atoms with Crippen molar-refractivity contribution in [2.24, 2.45) is 23.2 Å². The molecule has 0 spiro atoms. The molecule has 0 aliphatic heterocycles. The first-order valence-electron chi connectivity index (χ1n) is 14.0. The number of hydrogen-bond donors (Lipinski definition) is 2. The zero-order chi connectivity index (χ0) is 26.1.